The maximum atomic E-state index is 12.0. The van der Waals surface area contributed by atoms with Gasteiger partial charge in [-0.15, -0.1) is 0 Å². The second kappa shape index (κ2) is 47.2. The van der Waals surface area contributed by atoms with E-state index in [0.717, 1.165) is 12.8 Å². The number of rotatable bonds is 45. The third-order valence-electron chi connectivity index (χ3n) is 11.2. The van der Waals surface area contributed by atoms with E-state index >= 15 is 0 Å². The molecule has 2 nitrogen and oxygen atoms in total. The standard InChI is InChI=1S/C49H96O2/c1-3-5-7-9-11-13-15-17-19-20-21-22-23-24-25-26-27-28-29-30-31-32-33-34-35-37-39-41-43-45-47-49(50)51-48-46-44-42-40-38-36-18-16-14-12-10-8-6-4-2/h14,16H,3-13,15,17-48H2,1-2H3/b16-14-. The van der Waals surface area contributed by atoms with E-state index < -0.39 is 0 Å². The summed E-state index contributed by atoms with van der Waals surface area (Å²) < 4.78 is 5.47. The highest BCUT2D eigenvalue weighted by atomic mass is 16.5. The molecular weight excluding hydrogens is 621 g/mol. The molecule has 0 saturated heterocycles. The molecule has 0 amide bonds. The lowest BCUT2D eigenvalue weighted by Gasteiger charge is -2.06. The van der Waals surface area contributed by atoms with Gasteiger partial charge in [-0.05, 0) is 38.5 Å². The molecule has 0 aliphatic heterocycles. The van der Waals surface area contributed by atoms with Crippen molar-refractivity contribution in [2.75, 3.05) is 6.61 Å². The number of hydrogen-bond donors (Lipinski definition) is 0. The van der Waals surface area contributed by atoms with Crippen molar-refractivity contribution < 1.29 is 9.53 Å². The van der Waals surface area contributed by atoms with Crippen LogP contribution in [0.5, 0.6) is 0 Å². The average Bonchev–Trinajstić information content (AvgIpc) is 3.14. The molecule has 0 bridgehead atoms. The van der Waals surface area contributed by atoms with Gasteiger partial charge in [0.05, 0.1) is 6.61 Å². The largest absolute Gasteiger partial charge is 0.466 e. The first-order valence-corrected chi connectivity index (χ1v) is 24.1. The number of unbranched alkanes of at least 4 members (excludes halogenated alkanes) is 39. The maximum Gasteiger partial charge on any atom is 0.305 e. The van der Waals surface area contributed by atoms with Crippen LogP contribution in [0.15, 0.2) is 12.2 Å². The highest BCUT2D eigenvalue weighted by Crippen LogP contribution is 2.17. The Bertz CT molecular complexity index is 655. The summed E-state index contributed by atoms with van der Waals surface area (Å²) in [4.78, 5) is 12.0. The predicted octanol–water partition coefficient (Wildman–Crippen LogP) is 17.9. The van der Waals surface area contributed by atoms with Crippen LogP contribution in [0.1, 0.15) is 290 Å². The number of allylic oxidation sites excluding steroid dienone is 2. The van der Waals surface area contributed by atoms with Crippen LogP contribution < -0.4 is 0 Å². The van der Waals surface area contributed by atoms with Crippen LogP contribution in [0, 0.1) is 0 Å². The fourth-order valence-electron chi connectivity index (χ4n) is 7.55. The summed E-state index contributed by atoms with van der Waals surface area (Å²) in [5.74, 6) is 0.0247. The van der Waals surface area contributed by atoms with Crippen LogP contribution in [0.3, 0.4) is 0 Å². The average molecular weight is 717 g/mol. The lowest BCUT2D eigenvalue weighted by Crippen LogP contribution is -2.05. The van der Waals surface area contributed by atoms with E-state index in [1.807, 2.05) is 0 Å². The first-order valence-electron chi connectivity index (χ1n) is 24.1. The highest BCUT2D eigenvalue weighted by Gasteiger charge is 2.03. The number of ether oxygens (including phenoxy) is 1. The molecule has 0 aromatic heterocycles. The van der Waals surface area contributed by atoms with Crippen molar-refractivity contribution in [3.63, 3.8) is 0 Å². The minimum absolute atomic E-state index is 0.0247. The summed E-state index contributed by atoms with van der Waals surface area (Å²) in [7, 11) is 0. The molecule has 0 N–H and O–H groups in total. The molecule has 0 spiro atoms. The van der Waals surface area contributed by atoms with Gasteiger partial charge in [-0.3, -0.25) is 4.79 Å². The van der Waals surface area contributed by atoms with Gasteiger partial charge < -0.3 is 4.74 Å². The van der Waals surface area contributed by atoms with Crippen LogP contribution in [0.2, 0.25) is 0 Å². The Morgan fingerprint density at radius 1 is 0.314 bits per heavy atom. The summed E-state index contributed by atoms with van der Waals surface area (Å²) in [6.07, 6.45) is 63.5. The third kappa shape index (κ3) is 47.2. The molecule has 0 unspecified atom stereocenters. The van der Waals surface area contributed by atoms with Gasteiger partial charge in [0.15, 0.2) is 0 Å². The van der Waals surface area contributed by atoms with Crippen molar-refractivity contribution in [3.05, 3.63) is 12.2 Å². The molecule has 0 radical (unpaired) electrons. The van der Waals surface area contributed by atoms with Gasteiger partial charge in [0.1, 0.15) is 0 Å². The van der Waals surface area contributed by atoms with E-state index in [0.29, 0.717) is 13.0 Å². The van der Waals surface area contributed by atoms with Gasteiger partial charge in [0.2, 0.25) is 0 Å². The SMILES string of the molecule is CCCCCC/C=C\CCCCCCCCOC(=O)CCCCCCCCCCCCCCCCCCCCCCCCCCCCCCCC. The molecule has 0 aliphatic carbocycles. The van der Waals surface area contributed by atoms with E-state index in [9.17, 15) is 4.79 Å². The van der Waals surface area contributed by atoms with E-state index in [1.165, 1.54) is 257 Å². The molecule has 0 aromatic carbocycles. The lowest BCUT2D eigenvalue weighted by atomic mass is 10.0. The van der Waals surface area contributed by atoms with Crippen LogP contribution >= 0.6 is 0 Å². The Labute approximate surface area is 323 Å². The van der Waals surface area contributed by atoms with Gasteiger partial charge in [-0.2, -0.15) is 0 Å². The Morgan fingerprint density at radius 2 is 0.549 bits per heavy atom. The van der Waals surface area contributed by atoms with Gasteiger partial charge >= 0.3 is 5.97 Å². The molecule has 0 rings (SSSR count). The molecule has 0 aromatic rings. The lowest BCUT2D eigenvalue weighted by molar-refractivity contribution is -0.143. The van der Waals surface area contributed by atoms with Gasteiger partial charge in [0, 0.05) is 6.42 Å². The Balaban J connectivity index is 3.15. The van der Waals surface area contributed by atoms with Crippen LogP contribution in [0.25, 0.3) is 0 Å². The predicted molar refractivity (Wildman–Crippen MR) is 230 cm³/mol. The monoisotopic (exact) mass is 717 g/mol. The molecule has 0 heterocycles. The Morgan fingerprint density at radius 3 is 0.863 bits per heavy atom. The summed E-state index contributed by atoms with van der Waals surface area (Å²) >= 11 is 0. The molecule has 304 valence electrons. The van der Waals surface area contributed by atoms with Gasteiger partial charge in [-0.25, -0.2) is 0 Å². The van der Waals surface area contributed by atoms with Crippen molar-refractivity contribution in [2.45, 2.75) is 290 Å². The minimum atomic E-state index is 0.0247. The maximum absolute atomic E-state index is 12.0. The normalized spacial score (nSPS) is 11.6. The number of hydrogen-bond acceptors (Lipinski definition) is 2. The van der Waals surface area contributed by atoms with Crippen molar-refractivity contribution in [1.82, 2.24) is 0 Å². The fourth-order valence-corrected chi connectivity index (χ4v) is 7.55. The van der Waals surface area contributed by atoms with Crippen LogP contribution in [-0.2, 0) is 9.53 Å². The van der Waals surface area contributed by atoms with Crippen molar-refractivity contribution >= 4 is 5.97 Å². The summed E-state index contributed by atoms with van der Waals surface area (Å²) in [6.45, 7) is 5.20. The molecule has 0 fully saturated rings. The smallest absolute Gasteiger partial charge is 0.305 e. The summed E-state index contributed by atoms with van der Waals surface area (Å²) in [6, 6.07) is 0. The molecule has 0 aliphatic rings. The first kappa shape index (κ1) is 50.2. The molecule has 0 atom stereocenters. The number of carbonyl (C=O) groups excluding carboxylic acids is 1. The third-order valence-corrected chi connectivity index (χ3v) is 11.2. The van der Waals surface area contributed by atoms with Crippen LogP contribution in [0.4, 0.5) is 0 Å². The minimum Gasteiger partial charge on any atom is -0.466 e. The first-order chi connectivity index (χ1) is 25.3. The van der Waals surface area contributed by atoms with Crippen LogP contribution in [-0.4, -0.2) is 12.6 Å². The van der Waals surface area contributed by atoms with E-state index in [2.05, 4.69) is 26.0 Å². The van der Waals surface area contributed by atoms with E-state index in [4.69, 9.17) is 4.74 Å². The highest BCUT2D eigenvalue weighted by molar-refractivity contribution is 5.69. The van der Waals surface area contributed by atoms with Gasteiger partial charge in [0.25, 0.3) is 0 Å². The van der Waals surface area contributed by atoms with Crippen molar-refractivity contribution in [2.24, 2.45) is 0 Å². The topological polar surface area (TPSA) is 26.3 Å². The van der Waals surface area contributed by atoms with Crippen molar-refractivity contribution in [3.8, 4) is 0 Å². The summed E-state index contributed by atoms with van der Waals surface area (Å²) in [5, 5.41) is 0. The molecule has 2 heteroatoms. The zero-order valence-electron chi connectivity index (χ0n) is 35.6. The molecular formula is C49H96O2. The number of esters is 1. The second-order valence-electron chi connectivity index (χ2n) is 16.5. The zero-order chi connectivity index (χ0) is 36.8. The summed E-state index contributed by atoms with van der Waals surface area (Å²) in [5.41, 5.74) is 0. The van der Waals surface area contributed by atoms with Crippen molar-refractivity contribution in [1.29, 1.82) is 0 Å². The fraction of sp³-hybridized carbons (Fsp3) is 0.939. The Hall–Kier alpha value is -0.790. The van der Waals surface area contributed by atoms with E-state index in [-0.39, 0.29) is 5.97 Å². The van der Waals surface area contributed by atoms with Gasteiger partial charge in [-0.1, -0.05) is 257 Å². The molecule has 51 heavy (non-hydrogen) atoms. The zero-order valence-corrected chi connectivity index (χ0v) is 35.6. The quantitative estimate of drug-likeness (QED) is 0.0356. The van der Waals surface area contributed by atoms with E-state index in [1.54, 1.807) is 0 Å². The number of carbonyl (C=O) groups is 1. The second-order valence-corrected chi connectivity index (χ2v) is 16.5. The Kier molecular flexibility index (Phi) is 46.5. The molecule has 0 saturated carbocycles.